The number of hydrogen-bond donors (Lipinski definition) is 1. The maximum absolute atomic E-state index is 5.66. The second kappa shape index (κ2) is 1.51. The van der Waals surface area contributed by atoms with E-state index in [0.717, 1.165) is 5.39 Å². The van der Waals surface area contributed by atoms with Gasteiger partial charge < -0.3 is 9.51 Å². The van der Waals surface area contributed by atoms with E-state index in [-0.39, 0.29) is 0 Å². The molecule has 46 valence electrons. The zero-order valence-corrected chi connectivity index (χ0v) is 5.14. The van der Waals surface area contributed by atoms with Crippen LogP contribution in [0.5, 0.6) is 0 Å². The van der Waals surface area contributed by atoms with E-state index in [1.54, 1.807) is 12.4 Å². The van der Waals surface area contributed by atoms with Crippen molar-refractivity contribution >= 4 is 22.6 Å². The van der Waals surface area contributed by atoms with Crippen molar-refractivity contribution in [2.24, 2.45) is 0 Å². The van der Waals surface area contributed by atoms with Crippen LogP contribution < -0.4 is 0 Å². The van der Waals surface area contributed by atoms with Crippen molar-refractivity contribution in [1.29, 1.82) is 0 Å². The number of aromatic nitrogens is 2. The summed E-state index contributed by atoms with van der Waals surface area (Å²) < 4.78 is 4.77. The van der Waals surface area contributed by atoms with Crippen molar-refractivity contribution in [2.45, 2.75) is 0 Å². The van der Waals surface area contributed by atoms with Gasteiger partial charge in [0.2, 0.25) is 0 Å². The molecule has 2 rings (SSSR count). The SMILES string of the molecule is Clc1[nH]cc2oncc12. The van der Waals surface area contributed by atoms with Crippen molar-refractivity contribution < 1.29 is 4.52 Å². The Balaban J connectivity index is 2.99. The van der Waals surface area contributed by atoms with Gasteiger partial charge >= 0.3 is 0 Å². The van der Waals surface area contributed by atoms with Crippen LogP contribution in [0.4, 0.5) is 0 Å². The lowest BCUT2D eigenvalue weighted by Gasteiger charge is -1.71. The first-order chi connectivity index (χ1) is 4.38. The van der Waals surface area contributed by atoms with E-state index in [4.69, 9.17) is 16.1 Å². The largest absolute Gasteiger partial charge is 0.355 e. The molecule has 0 atom stereocenters. The van der Waals surface area contributed by atoms with Gasteiger partial charge in [0.1, 0.15) is 5.15 Å². The summed E-state index contributed by atoms with van der Waals surface area (Å²) in [5, 5.41) is 4.95. The van der Waals surface area contributed by atoms with Crippen molar-refractivity contribution in [3.8, 4) is 0 Å². The minimum absolute atomic E-state index is 0.575. The lowest BCUT2D eigenvalue weighted by atomic mass is 10.4. The molecule has 0 fully saturated rings. The van der Waals surface area contributed by atoms with Crippen LogP contribution in [0, 0.1) is 0 Å². The molecule has 1 N–H and O–H groups in total. The third-order valence-electron chi connectivity index (χ3n) is 1.16. The minimum Gasteiger partial charge on any atom is -0.355 e. The third-order valence-corrected chi connectivity index (χ3v) is 1.48. The number of hydrogen-bond acceptors (Lipinski definition) is 2. The molecule has 0 aliphatic carbocycles. The zero-order valence-electron chi connectivity index (χ0n) is 4.39. The maximum atomic E-state index is 5.66. The number of nitrogens with zero attached hydrogens (tertiary/aromatic N) is 1. The fraction of sp³-hybridized carbons (Fsp3) is 0. The molecule has 0 aliphatic rings. The number of rotatable bonds is 0. The van der Waals surface area contributed by atoms with Gasteiger partial charge in [-0.2, -0.15) is 0 Å². The smallest absolute Gasteiger partial charge is 0.185 e. The summed E-state index contributed by atoms with van der Waals surface area (Å²) in [5.74, 6) is 0. The second-order valence-corrected chi connectivity index (χ2v) is 2.08. The first kappa shape index (κ1) is 4.88. The third kappa shape index (κ3) is 0.549. The van der Waals surface area contributed by atoms with E-state index in [1.807, 2.05) is 0 Å². The van der Waals surface area contributed by atoms with E-state index in [2.05, 4.69) is 10.1 Å². The Kier molecular flexibility index (Phi) is 0.818. The fourth-order valence-electron chi connectivity index (χ4n) is 0.724. The van der Waals surface area contributed by atoms with Gasteiger partial charge in [-0.25, -0.2) is 0 Å². The molecule has 3 nitrogen and oxygen atoms in total. The molecule has 2 aromatic heterocycles. The van der Waals surface area contributed by atoms with Gasteiger partial charge in [0, 0.05) is 6.20 Å². The van der Waals surface area contributed by atoms with Crippen LogP contribution >= 0.6 is 11.6 Å². The van der Waals surface area contributed by atoms with E-state index in [0.29, 0.717) is 10.7 Å². The van der Waals surface area contributed by atoms with Crippen molar-refractivity contribution in [2.75, 3.05) is 0 Å². The minimum atomic E-state index is 0.575. The average molecular weight is 143 g/mol. The lowest BCUT2D eigenvalue weighted by Crippen LogP contribution is -1.56. The van der Waals surface area contributed by atoms with E-state index in [1.165, 1.54) is 0 Å². The Morgan fingerprint density at radius 2 is 2.56 bits per heavy atom. The number of halogens is 1. The monoisotopic (exact) mass is 142 g/mol. The van der Waals surface area contributed by atoms with Crippen LogP contribution in [0.25, 0.3) is 11.0 Å². The van der Waals surface area contributed by atoms with E-state index >= 15 is 0 Å². The molecule has 0 aliphatic heterocycles. The Morgan fingerprint density at radius 3 is 3.33 bits per heavy atom. The number of H-pyrrole nitrogens is 1. The summed E-state index contributed by atoms with van der Waals surface area (Å²) in [5.41, 5.74) is 0.694. The summed E-state index contributed by atoms with van der Waals surface area (Å²) in [6, 6.07) is 0. The molecule has 2 aromatic rings. The molecule has 0 saturated carbocycles. The molecular formula is C5H3ClN2O. The molecule has 0 spiro atoms. The van der Waals surface area contributed by atoms with E-state index < -0.39 is 0 Å². The zero-order chi connectivity index (χ0) is 6.27. The summed E-state index contributed by atoms with van der Waals surface area (Å²) in [4.78, 5) is 2.79. The first-order valence-corrected chi connectivity index (χ1v) is 2.83. The van der Waals surface area contributed by atoms with Crippen molar-refractivity contribution in [3.05, 3.63) is 17.5 Å². The summed E-state index contributed by atoms with van der Waals surface area (Å²) in [6.07, 6.45) is 3.25. The van der Waals surface area contributed by atoms with Crippen molar-refractivity contribution in [3.63, 3.8) is 0 Å². The first-order valence-electron chi connectivity index (χ1n) is 2.45. The van der Waals surface area contributed by atoms with Crippen LogP contribution in [-0.4, -0.2) is 10.1 Å². The molecule has 9 heavy (non-hydrogen) atoms. The van der Waals surface area contributed by atoms with Gasteiger partial charge in [-0.15, -0.1) is 0 Å². The lowest BCUT2D eigenvalue weighted by molar-refractivity contribution is 0.456. The van der Waals surface area contributed by atoms with Gasteiger partial charge in [0.15, 0.2) is 5.58 Å². The highest BCUT2D eigenvalue weighted by atomic mass is 35.5. The Bertz CT molecular complexity index is 324. The Morgan fingerprint density at radius 1 is 1.67 bits per heavy atom. The Labute approximate surface area is 55.6 Å². The van der Waals surface area contributed by atoms with Gasteiger partial charge in [0.05, 0.1) is 11.6 Å². The average Bonchev–Trinajstić information content (AvgIpc) is 2.35. The molecule has 4 heteroatoms. The highest BCUT2D eigenvalue weighted by molar-refractivity contribution is 6.34. The predicted molar refractivity (Wildman–Crippen MR) is 33.4 cm³/mol. The summed E-state index contributed by atoms with van der Waals surface area (Å²) in [6.45, 7) is 0. The van der Waals surface area contributed by atoms with Crippen molar-refractivity contribution in [1.82, 2.24) is 10.1 Å². The number of fused-ring (bicyclic) bond motifs is 1. The highest BCUT2D eigenvalue weighted by Gasteiger charge is 2.02. The summed E-state index contributed by atoms with van der Waals surface area (Å²) in [7, 11) is 0. The fourth-order valence-corrected chi connectivity index (χ4v) is 0.921. The molecule has 0 amide bonds. The second-order valence-electron chi connectivity index (χ2n) is 1.71. The van der Waals surface area contributed by atoms with Crippen LogP contribution in [0.3, 0.4) is 0 Å². The van der Waals surface area contributed by atoms with Crippen LogP contribution in [0.2, 0.25) is 5.15 Å². The topological polar surface area (TPSA) is 41.8 Å². The van der Waals surface area contributed by atoms with Gasteiger partial charge in [-0.1, -0.05) is 16.8 Å². The van der Waals surface area contributed by atoms with E-state index in [9.17, 15) is 0 Å². The number of aromatic amines is 1. The highest BCUT2D eigenvalue weighted by Crippen LogP contribution is 2.20. The molecular weight excluding hydrogens is 140 g/mol. The predicted octanol–water partition coefficient (Wildman–Crippen LogP) is 1.81. The molecule has 0 aromatic carbocycles. The molecule has 0 radical (unpaired) electrons. The molecule has 0 unspecified atom stereocenters. The van der Waals surface area contributed by atoms with Gasteiger partial charge in [-0.05, 0) is 0 Å². The van der Waals surface area contributed by atoms with Crippen LogP contribution in [-0.2, 0) is 0 Å². The van der Waals surface area contributed by atoms with Gasteiger partial charge in [0.25, 0.3) is 0 Å². The summed E-state index contributed by atoms with van der Waals surface area (Å²) >= 11 is 5.66. The molecule has 0 saturated heterocycles. The van der Waals surface area contributed by atoms with Gasteiger partial charge in [-0.3, -0.25) is 0 Å². The maximum Gasteiger partial charge on any atom is 0.185 e. The molecule has 2 heterocycles. The number of nitrogens with one attached hydrogen (secondary N) is 1. The standard InChI is InChI=1S/C5H3ClN2O/c6-5-3-1-8-9-4(3)2-7-5/h1-2,7H. The molecule has 0 bridgehead atoms. The van der Waals surface area contributed by atoms with Crippen LogP contribution in [0.15, 0.2) is 16.9 Å². The normalized spacial score (nSPS) is 10.8. The Hall–Kier alpha value is -0.960. The quantitative estimate of drug-likeness (QED) is 0.610. The van der Waals surface area contributed by atoms with Crippen LogP contribution in [0.1, 0.15) is 0 Å².